The van der Waals surface area contributed by atoms with Gasteiger partial charge in [-0.15, -0.1) is 11.3 Å². The third kappa shape index (κ3) is 4.55. The van der Waals surface area contributed by atoms with Crippen LogP contribution in [0.4, 0.5) is 5.82 Å². The lowest BCUT2D eigenvalue weighted by atomic mass is 10.1. The standard InChI is InChI=1S/C27H27N5O4S2/c1-16(33)15-38(34,35)21-5-3-4-18(13-21)23-17(2)22-24(37-23)27(32-8-10-36-11-9-32)31-26(30-22)20-12-19-6-7-28-25(19)29-14-20/h3-7,12-14,16,33H,8-11,15H2,1-2H3,(H,28,29)/t16-/m0/s1. The van der Waals surface area contributed by atoms with E-state index in [9.17, 15) is 13.5 Å². The van der Waals surface area contributed by atoms with Crippen LogP contribution in [0.3, 0.4) is 0 Å². The van der Waals surface area contributed by atoms with Gasteiger partial charge in [0.1, 0.15) is 5.65 Å². The van der Waals surface area contributed by atoms with Gasteiger partial charge in [-0.3, -0.25) is 0 Å². The molecule has 0 bridgehead atoms. The van der Waals surface area contributed by atoms with E-state index in [0.717, 1.165) is 61.7 Å². The molecule has 1 aliphatic rings. The molecule has 2 N–H and O–H groups in total. The van der Waals surface area contributed by atoms with Gasteiger partial charge in [0.15, 0.2) is 21.5 Å². The third-order valence-electron chi connectivity index (χ3n) is 6.63. The van der Waals surface area contributed by atoms with Crippen LogP contribution in [0, 0.1) is 6.92 Å². The molecule has 0 radical (unpaired) electrons. The fourth-order valence-electron chi connectivity index (χ4n) is 4.77. The Bertz CT molecular complexity index is 1750. The Morgan fingerprint density at radius 1 is 1.16 bits per heavy atom. The summed E-state index contributed by atoms with van der Waals surface area (Å²) in [6.45, 7) is 6.18. The number of benzene rings is 1. The molecule has 5 aromatic rings. The maximum Gasteiger partial charge on any atom is 0.180 e. The Balaban J connectivity index is 1.52. The van der Waals surface area contributed by atoms with Crippen molar-refractivity contribution in [3.05, 3.63) is 54.4 Å². The van der Waals surface area contributed by atoms with E-state index in [1.807, 2.05) is 31.3 Å². The first-order valence-corrected chi connectivity index (χ1v) is 14.9. The first-order valence-electron chi connectivity index (χ1n) is 12.4. The van der Waals surface area contributed by atoms with E-state index in [-0.39, 0.29) is 10.6 Å². The zero-order chi connectivity index (χ0) is 26.4. The molecule has 0 amide bonds. The highest BCUT2D eigenvalue weighted by Crippen LogP contribution is 2.42. The fraction of sp³-hybridized carbons (Fsp3) is 0.296. The van der Waals surface area contributed by atoms with Gasteiger partial charge in [-0.25, -0.2) is 23.4 Å². The number of anilines is 1. The van der Waals surface area contributed by atoms with Gasteiger partial charge in [-0.05, 0) is 49.2 Å². The largest absolute Gasteiger partial charge is 0.392 e. The highest BCUT2D eigenvalue weighted by Gasteiger charge is 2.24. The number of morpholine rings is 1. The number of aliphatic hydroxyl groups is 1. The van der Waals surface area contributed by atoms with Crippen LogP contribution in [0.1, 0.15) is 12.5 Å². The third-order valence-corrected chi connectivity index (χ3v) is 9.85. The van der Waals surface area contributed by atoms with Crippen molar-refractivity contribution in [2.24, 2.45) is 0 Å². The molecule has 0 aliphatic carbocycles. The number of rotatable bonds is 6. The SMILES string of the molecule is Cc1c(-c2cccc(S(=O)(=O)C[C@H](C)O)c2)sc2c(N3CCOCC3)nc(-c3cnc4[nH]ccc4c3)nc12. The quantitative estimate of drug-likeness (QED) is 0.323. The topological polar surface area (TPSA) is 121 Å². The molecule has 0 spiro atoms. The monoisotopic (exact) mass is 549 g/mol. The van der Waals surface area contributed by atoms with Gasteiger partial charge in [0.2, 0.25) is 0 Å². The summed E-state index contributed by atoms with van der Waals surface area (Å²) < 4.78 is 32.2. The lowest BCUT2D eigenvalue weighted by Gasteiger charge is -2.28. The summed E-state index contributed by atoms with van der Waals surface area (Å²) in [4.78, 5) is 21.0. The molecule has 5 heterocycles. The average molecular weight is 550 g/mol. The molecule has 1 atom stereocenters. The number of H-pyrrole nitrogens is 1. The predicted octanol–water partition coefficient (Wildman–Crippen LogP) is 4.20. The Labute approximate surface area is 224 Å². The van der Waals surface area contributed by atoms with E-state index in [2.05, 4.69) is 14.9 Å². The molecule has 0 saturated carbocycles. The number of hydrogen-bond donors (Lipinski definition) is 2. The zero-order valence-electron chi connectivity index (χ0n) is 21.0. The molecule has 1 aliphatic heterocycles. The van der Waals surface area contributed by atoms with Crippen molar-refractivity contribution < 1.29 is 18.3 Å². The van der Waals surface area contributed by atoms with E-state index in [1.165, 1.54) is 6.92 Å². The lowest BCUT2D eigenvalue weighted by molar-refractivity contribution is 0.122. The van der Waals surface area contributed by atoms with Crippen molar-refractivity contribution in [2.45, 2.75) is 24.8 Å². The van der Waals surface area contributed by atoms with Crippen LogP contribution in [-0.4, -0.2) is 71.6 Å². The Morgan fingerprint density at radius 2 is 1.97 bits per heavy atom. The van der Waals surface area contributed by atoms with Gasteiger partial charge < -0.3 is 19.7 Å². The van der Waals surface area contributed by atoms with Crippen molar-refractivity contribution in [1.29, 1.82) is 0 Å². The second kappa shape index (κ2) is 9.73. The number of aromatic nitrogens is 4. The van der Waals surface area contributed by atoms with E-state index >= 15 is 0 Å². The van der Waals surface area contributed by atoms with Crippen LogP contribution in [-0.2, 0) is 14.6 Å². The number of thiophene rings is 1. The second-order valence-corrected chi connectivity index (χ2v) is 12.6. The number of fused-ring (bicyclic) bond motifs is 2. The molecule has 4 aromatic heterocycles. The van der Waals surface area contributed by atoms with Gasteiger partial charge in [-0.2, -0.15) is 0 Å². The van der Waals surface area contributed by atoms with Gasteiger partial charge >= 0.3 is 0 Å². The minimum absolute atomic E-state index is 0.193. The van der Waals surface area contributed by atoms with E-state index in [4.69, 9.17) is 14.7 Å². The fourth-order valence-corrected chi connectivity index (χ4v) is 7.45. The normalized spacial score (nSPS) is 15.4. The van der Waals surface area contributed by atoms with Crippen LogP contribution >= 0.6 is 11.3 Å². The highest BCUT2D eigenvalue weighted by molar-refractivity contribution is 7.91. The first kappa shape index (κ1) is 24.9. The summed E-state index contributed by atoms with van der Waals surface area (Å²) in [5.74, 6) is 1.12. The number of nitrogens with one attached hydrogen (secondary N) is 1. The van der Waals surface area contributed by atoms with Gasteiger partial charge in [-0.1, -0.05) is 12.1 Å². The van der Waals surface area contributed by atoms with E-state index in [1.54, 1.807) is 35.7 Å². The molecule has 0 unspecified atom stereocenters. The molecule has 9 nitrogen and oxygen atoms in total. The molecular formula is C27H27N5O4S2. The summed E-state index contributed by atoms with van der Waals surface area (Å²) >= 11 is 1.57. The maximum absolute atomic E-state index is 12.8. The average Bonchev–Trinajstić information content (AvgIpc) is 3.52. The number of ether oxygens (including phenoxy) is 1. The minimum atomic E-state index is -3.62. The van der Waals surface area contributed by atoms with Crippen LogP contribution < -0.4 is 4.90 Å². The van der Waals surface area contributed by atoms with Gasteiger partial charge in [0, 0.05) is 41.3 Å². The number of pyridine rings is 1. The first-order chi connectivity index (χ1) is 18.3. The molecule has 1 aromatic carbocycles. The number of aliphatic hydroxyl groups excluding tert-OH is 1. The summed E-state index contributed by atoms with van der Waals surface area (Å²) in [7, 11) is -3.62. The minimum Gasteiger partial charge on any atom is -0.392 e. The van der Waals surface area contributed by atoms with E-state index in [0.29, 0.717) is 19.0 Å². The zero-order valence-corrected chi connectivity index (χ0v) is 22.6. The number of aryl methyl sites for hydroxylation is 1. The number of sulfone groups is 1. The predicted molar refractivity (Wildman–Crippen MR) is 149 cm³/mol. The Morgan fingerprint density at radius 3 is 2.76 bits per heavy atom. The van der Waals surface area contributed by atoms with Crippen molar-refractivity contribution >= 4 is 48.2 Å². The lowest BCUT2D eigenvalue weighted by Crippen LogP contribution is -2.36. The molecular weight excluding hydrogens is 522 g/mol. The van der Waals surface area contributed by atoms with Gasteiger partial charge in [0.25, 0.3) is 0 Å². The van der Waals surface area contributed by atoms with Crippen molar-refractivity contribution in [3.63, 3.8) is 0 Å². The van der Waals surface area contributed by atoms with Crippen LogP contribution in [0.15, 0.2) is 53.7 Å². The van der Waals surface area contributed by atoms with Crippen LogP contribution in [0.5, 0.6) is 0 Å². The summed E-state index contributed by atoms with van der Waals surface area (Å²) in [6, 6.07) is 10.9. The molecule has 6 rings (SSSR count). The van der Waals surface area contributed by atoms with Gasteiger partial charge in [0.05, 0.1) is 40.2 Å². The number of nitrogens with zero attached hydrogens (tertiary/aromatic N) is 4. The summed E-state index contributed by atoms with van der Waals surface area (Å²) in [5, 5.41) is 10.7. The van der Waals surface area contributed by atoms with Crippen molar-refractivity contribution in [1.82, 2.24) is 19.9 Å². The summed E-state index contributed by atoms with van der Waals surface area (Å²) in [5.41, 5.74) is 4.23. The molecule has 11 heteroatoms. The van der Waals surface area contributed by atoms with Crippen LogP contribution in [0.25, 0.3) is 43.1 Å². The second-order valence-electron chi connectivity index (χ2n) is 9.50. The number of hydrogen-bond acceptors (Lipinski definition) is 9. The highest BCUT2D eigenvalue weighted by atomic mass is 32.2. The van der Waals surface area contributed by atoms with Crippen molar-refractivity contribution in [3.8, 4) is 21.8 Å². The number of aromatic amines is 1. The van der Waals surface area contributed by atoms with Crippen LogP contribution in [0.2, 0.25) is 0 Å². The molecule has 38 heavy (non-hydrogen) atoms. The van der Waals surface area contributed by atoms with E-state index < -0.39 is 15.9 Å². The summed E-state index contributed by atoms with van der Waals surface area (Å²) in [6.07, 6.45) is 2.69. The maximum atomic E-state index is 12.8. The molecule has 196 valence electrons. The molecule has 1 saturated heterocycles. The molecule has 1 fully saturated rings. The van der Waals surface area contributed by atoms with Crippen molar-refractivity contribution in [2.75, 3.05) is 37.0 Å². The Hall–Kier alpha value is -3.38. The smallest absolute Gasteiger partial charge is 0.180 e. The Kier molecular flexibility index (Phi) is 6.39.